The Balaban J connectivity index is 2.02. The van der Waals surface area contributed by atoms with Crippen molar-refractivity contribution in [3.63, 3.8) is 0 Å². The van der Waals surface area contributed by atoms with E-state index in [1.54, 1.807) is 7.11 Å². The predicted molar refractivity (Wildman–Crippen MR) is 102 cm³/mol. The van der Waals surface area contributed by atoms with Crippen LogP contribution in [0.5, 0.6) is 11.6 Å². The van der Waals surface area contributed by atoms with Gasteiger partial charge in [-0.25, -0.2) is 4.99 Å². The molecule has 2 heterocycles. The molecule has 3 aromatic rings. The maximum atomic E-state index is 10.3. The molecule has 0 amide bonds. The lowest BCUT2D eigenvalue weighted by Crippen LogP contribution is -2.20. The summed E-state index contributed by atoms with van der Waals surface area (Å²) in [5.41, 5.74) is 2.61. The normalized spacial score (nSPS) is 14.4. The largest absolute Gasteiger partial charge is 0.497 e. The zero-order valence-corrected chi connectivity index (χ0v) is 14.9. The highest BCUT2D eigenvalue weighted by Gasteiger charge is 2.18. The van der Waals surface area contributed by atoms with Gasteiger partial charge in [0.2, 0.25) is 5.88 Å². The third-order valence-corrected chi connectivity index (χ3v) is 5.18. The molecule has 0 fully saturated rings. The van der Waals surface area contributed by atoms with Crippen LogP contribution in [-0.4, -0.2) is 17.2 Å². The van der Waals surface area contributed by atoms with Gasteiger partial charge in [-0.15, -0.1) is 11.3 Å². The van der Waals surface area contributed by atoms with E-state index < -0.39 is 0 Å². The number of methoxy groups -OCH3 is 1. The van der Waals surface area contributed by atoms with E-state index in [4.69, 9.17) is 21.9 Å². The van der Waals surface area contributed by atoms with Gasteiger partial charge in [0.25, 0.3) is 0 Å². The van der Waals surface area contributed by atoms with E-state index in [0.717, 1.165) is 33.2 Å². The number of nitrogens with zero attached hydrogens (tertiary/aromatic N) is 1. The van der Waals surface area contributed by atoms with Crippen LogP contribution < -0.4 is 15.3 Å². The molecule has 0 atom stereocenters. The van der Waals surface area contributed by atoms with Crippen LogP contribution in [0.25, 0.3) is 11.6 Å². The van der Waals surface area contributed by atoms with Crippen molar-refractivity contribution in [3.8, 4) is 11.6 Å². The first-order chi connectivity index (χ1) is 12.2. The third kappa shape index (κ3) is 2.90. The van der Waals surface area contributed by atoms with Gasteiger partial charge < -0.3 is 14.8 Å². The van der Waals surface area contributed by atoms with Crippen LogP contribution in [0.3, 0.4) is 0 Å². The predicted octanol–water partition coefficient (Wildman–Crippen LogP) is 3.39. The highest BCUT2D eigenvalue weighted by Crippen LogP contribution is 2.37. The number of thiazole rings is 1. The highest BCUT2D eigenvalue weighted by atomic mass is 32.1. The minimum Gasteiger partial charge on any atom is -0.497 e. The minimum atomic E-state index is 0.0680. The topological polar surface area (TPSA) is 57.6 Å². The van der Waals surface area contributed by atoms with E-state index in [1.165, 1.54) is 11.3 Å². The Morgan fingerprint density at radius 1 is 1.20 bits per heavy atom. The summed E-state index contributed by atoms with van der Waals surface area (Å²) in [6.45, 7) is 0. The number of aromatic amines is 1. The number of hydrogen-bond donors (Lipinski definition) is 2. The fraction of sp³-hybridized carbons (Fsp3) is 0.0526. The molecule has 0 spiro atoms. The number of nitrogens with one attached hydrogen (secondary N) is 1. The fourth-order valence-electron chi connectivity index (χ4n) is 2.80. The Kier molecular flexibility index (Phi) is 3.99. The number of ether oxygens (including phenoxy) is 1. The SMILES string of the molecule is COc1ccc2c(c1)=CC(=C(c1ccccc1)c1sc(=S)[nH]c1O)N=2. The second-order valence-corrected chi connectivity index (χ2v) is 7.19. The molecule has 0 aliphatic carbocycles. The number of allylic oxidation sites excluding steroid dienone is 1. The van der Waals surface area contributed by atoms with E-state index in [2.05, 4.69) is 4.98 Å². The Hall–Kier alpha value is -2.70. The van der Waals surface area contributed by atoms with E-state index in [9.17, 15) is 5.11 Å². The average molecular weight is 366 g/mol. The number of aromatic nitrogens is 1. The van der Waals surface area contributed by atoms with Crippen molar-refractivity contribution >= 4 is 35.2 Å². The van der Waals surface area contributed by atoms with Crippen molar-refractivity contribution in [2.45, 2.75) is 0 Å². The Morgan fingerprint density at radius 3 is 2.68 bits per heavy atom. The first-order valence-electron chi connectivity index (χ1n) is 7.62. The maximum absolute atomic E-state index is 10.3. The van der Waals surface area contributed by atoms with Gasteiger partial charge in [-0.2, -0.15) is 0 Å². The molecule has 0 radical (unpaired) electrons. The molecule has 2 N–H and O–H groups in total. The lowest BCUT2D eigenvalue weighted by atomic mass is 10.0. The molecule has 25 heavy (non-hydrogen) atoms. The second-order valence-electron chi connectivity index (χ2n) is 5.50. The number of hydrogen-bond acceptors (Lipinski definition) is 5. The van der Waals surface area contributed by atoms with Crippen molar-refractivity contribution in [2.24, 2.45) is 4.99 Å². The summed E-state index contributed by atoms with van der Waals surface area (Å²) in [5, 5.41) is 12.2. The molecular weight excluding hydrogens is 352 g/mol. The zero-order valence-electron chi connectivity index (χ0n) is 13.3. The van der Waals surface area contributed by atoms with Crippen molar-refractivity contribution in [1.82, 2.24) is 4.98 Å². The van der Waals surface area contributed by atoms with E-state index in [0.29, 0.717) is 8.83 Å². The van der Waals surface area contributed by atoms with Gasteiger partial charge in [-0.1, -0.05) is 30.3 Å². The monoisotopic (exact) mass is 366 g/mol. The van der Waals surface area contributed by atoms with Gasteiger partial charge >= 0.3 is 0 Å². The van der Waals surface area contributed by atoms with Crippen LogP contribution in [0.1, 0.15) is 10.4 Å². The lowest BCUT2D eigenvalue weighted by molar-refractivity contribution is 0.414. The molecule has 6 heteroatoms. The summed E-state index contributed by atoms with van der Waals surface area (Å²) in [7, 11) is 1.64. The Bertz CT molecular complexity index is 1160. The molecule has 1 aliphatic rings. The van der Waals surface area contributed by atoms with Crippen LogP contribution in [0.2, 0.25) is 0 Å². The summed E-state index contributed by atoms with van der Waals surface area (Å²) in [5.74, 6) is 0.853. The zero-order chi connectivity index (χ0) is 17.4. The third-order valence-electron chi connectivity index (χ3n) is 3.94. The fourth-order valence-corrected chi connectivity index (χ4v) is 3.96. The summed E-state index contributed by atoms with van der Waals surface area (Å²) in [4.78, 5) is 8.23. The molecule has 0 bridgehead atoms. The van der Waals surface area contributed by atoms with Gasteiger partial charge in [-0.05, 0) is 42.1 Å². The molecule has 124 valence electrons. The Morgan fingerprint density at radius 2 is 2.00 bits per heavy atom. The summed E-state index contributed by atoms with van der Waals surface area (Å²) < 4.78 is 5.82. The molecule has 1 aliphatic heterocycles. The maximum Gasteiger partial charge on any atom is 0.208 e. The number of fused-ring (bicyclic) bond motifs is 1. The minimum absolute atomic E-state index is 0.0680. The summed E-state index contributed by atoms with van der Waals surface area (Å²) in [6.07, 6.45) is 2.00. The van der Waals surface area contributed by atoms with Gasteiger partial charge in [-0.3, -0.25) is 0 Å². The van der Waals surface area contributed by atoms with Crippen LogP contribution in [0, 0.1) is 3.95 Å². The van der Waals surface area contributed by atoms with Gasteiger partial charge in [0.1, 0.15) is 5.75 Å². The number of H-pyrrole nitrogens is 1. The van der Waals surface area contributed by atoms with Crippen molar-refractivity contribution in [3.05, 3.63) is 79.2 Å². The van der Waals surface area contributed by atoms with E-state index in [1.807, 2.05) is 54.6 Å². The molecule has 0 saturated carbocycles. The second kappa shape index (κ2) is 6.31. The smallest absolute Gasteiger partial charge is 0.208 e. The molecule has 0 saturated heterocycles. The summed E-state index contributed by atoms with van der Waals surface area (Å²) >= 11 is 6.53. The van der Waals surface area contributed by atoms with Gasteiger partial charge in [0.05, 0.1) is 23.0 Å². The standard InChI is InChI=1S/C19H14N2O2S2/c1-23-13-7-8-14-12(9-13)10-15(20-14)16(11-5-3-2-4-6-11)17-18(22)21-19(24)25-17/h2-10,22H,1H3,(H,21,24). The van der Waals surface area contributed by atoms with Crippen LogP contribution >= 0.6 is 23.6 Å². The highest BCUT2D eigenvalue weighted by molar-refractivity contribution is 7.73. The van der Waals surface area contributed by atoms with Crippen LogP contribution in [0.15, 0.2) is 59.2 Å². The Labute approximate surface area is 153 Å². The van der Waals surface area contributed by atoms with Crippen LogP contribution in [0.4, 0.5) is 0 Å². The molecular formula is C19H14N2O2S2. The number of aromatic hydroxyl groups is 1. The van der Waals surface area contributed by atoms with Crippen LogP contribution in [-0.2, 0) is 0 Å². The first kappa shape index (κ1) is 15.8. The molecule has 1 aromatic heterocycles. The van der Waals surface area contributed by atoms with E-state index in [-0.39, 0.29) is 5.88 Å². The van der Waals surface area contributed by atoms with Gasteiger partial charge in [0.15, 0.2) is 3.95 Å². The molecule has 2 aromatic carbocycles. The van der Waals surface area contributed by atoms with E-state index >= 15 is 0 Å². The first-order valence-corrected chi connectivity index (χ1v) is 8.85. The van der Waals surface area contributed by atoms with Crippen molar-refractivity contribution < 1.29 is 9.84 Å². The number of rotatable bonds is 3. The molecule has 0 unspecified atom stereocenters. The van der Waals surface area contributed by atoms with Crippen molar-refractivity contribution in [1.29, 1.82) is 0 Å². The van der Waals surface area contributed by atoms with Gasteiger partial charge in [0, 0.05) is 10.8 Å². The lowest BCUT2D eigenvalue weighted by Gasteiger charge is -2.07. The molecule has 4 rings (SSSR count). The quantitative estimate of drug-likeness (QED) is 0.699. The summed E-state index contributed by atoms with van der Waals surface area (Å²) in [6, 6.07) is 15.6. The molecule has 4 nitrogen and oxygen atoms in total. The number of benzene rings is 2. The average Bonchev–Trinajstić information content (AvgIpc) is 3.18. The van der Waals surface area contributed by atoms with Crippen molar-refractivity contribution in [2.75, 3.05) is 7.11 Å².